The summed E-state index contributed by atoms with van der Waals surface area (Å²) in [5, 5.41) is 16.8. The quantitative estimate of drug-likeness (QED) is 0.263. The number of amides is 1. The molecular weight excluding hydrogens is 416 g/mol. The van der Waals surface area contributed by atoms with Crippen molar-refractivity contribution >= 4 is 40.3 Å². The molecule has 0 bridgehead atoms. The minimum Gasteiger partial charge on any atom is -0.342 e. The molecule has 7 nitrogen and oxygen atoms in total. The maximum atomic E-state index is 12.4. The van der Waals surface area contributed by atoms with Gasteiger partial charge in [-0.3, -0.25) is 14.9 Å². The van der Waals surface area contributed by atoms with Crippen molar-refractivity contribution in [2.75, 3.05) is 0 Å². The molecule has 0 spiro atoms. The lowest BCUT2D eigenvalue weighted by Crippen LogP contribution is -2.18. The highest BCUT2D eigenvalue weighted by Gasteiger charge is 2.18. The van der Waals surface area contributed by atoms with Crippen LogP contribution < -0.4 is 5.43 Å². The fourth-order valence-electron chi connectivity index (χ4n) is 3.34. The SMILES string of the molecule is O=C(N/N=C\c1cn(Cc2ccc(Cl)cc2)c2ccccc12)c1ccccc1[N+](=O)[O-]. The summed E-state index contributed by atoms with van der Waals surface area (Å²) in [6.07, 6.45) is 3.48. The lowest BCUT2D eigenvalue weighted by atomic mass is 10.2. The van der Waals surface area contributed by atoms with Crippen LogP contribution >= 0.6 is 11.6 Å². The molecule has 1 aromatic heterocycles. The molecule has 1 N–H and O–H groups in total. The van der Waals surface area contributed by atoms with Crippen molar-refractivity contribution in [1.82, 2.24) is 9.99 Å². The molecule has 1 heterocycles. The number of rotatable bonds is 6. The minimum absolute atomic E-state index is 0.0465. The number of fused-ring (bicyclic) bond motifs is 1. The van der Waals surface area contributed by atoms with Crippen molar-refractivity contribution in [2.24, 2.45) is 5.10 Å². The van der Waals surface area contributed by atoms with Gasteiger partial charge in [-0.1, -0.05) is 54.1 Å². The van der Waals surface area contributed by atoms with Gasteiger partial charge in [0.25, 0.3) is 11.6 Å². The van der Waals surface area contributed by atoms with E-state index in [9.17, 15) is 14.9 Å². The third-order valence-electron chi connectivity index (χ3n) is 4.80. The van der Waals surface area contributed by atoms with E-state index in [0.29, 0.717) is 11.6 Å². The van der Waals surface area contributed by atoms with E-state index < -0.39 is 10.8 Å². The van der Waals surface area contributed by atoms with Crippen molar-refractivity contribution in [3.8, 4) is 0 Å². The van der Waals surface area contributed by atoms with Crippen LogP contribution in [0, 0.1) is 10.1 Å². The second kappa shape index (κ2) is 8.81. The molecular formula is C23H17ClN4O3. The van der Waals surface area contributed by atoms with E-state index in [2.05, 4.69) is 15.1 Å². The Kier molecular flexibility index (Phi) is 5.77. The van der Waals surface area contributed by atoms with Crippen molar-refractivity contribution in [2.45, 2.75) is 6.54 Å². The number of carbonyl (C=O) groups excluding carboxylic acids is 1. The summed E-state index contributed by atoms with van der Waals surface area (Å²) in [4.78, 5) is 22.9. The number of para-hydroxylation sites is 2. The summed E-state index contributed by atoms with van der Waals surface area (Å²) in [5.74, 6) is -0.645. The van der Waals surface area contributed by atoms with E-state index in [1.54, 1.807) is 6.07 Å². The molecule has 31 heavy (non-hydrogen) atoms. The average Bonchev–Trinajstić information content (AvgIpc) is 3.12. The lowest BCUT2D eigenvalue weighted by Gasteiger charge is -2.05. The molecule has 0 aliphatic carbocycles. The van der Waals surface area contributed by atoms with Gasteiger partial charge in [-0.25, -0.2) is 5.43 Å². The summed E-state index contributed by atoms with van der Waals surface area (Å²) < 4.78 is 2.09. The van der Waals surface area contributed by atoms with Crippen LogP contribution in [0.1, 0.15) is 21.5 Å². The normalized spacial score (nSPS) is 11.1. The van der Waals surface area contributed by atoms with Crippen LogP contribution in [-0.4, -0.2) is 21.6 Å². The number of carbonyl (C=O) groups is 1. The second-order valence-corrected chi connectivity index (χ2v) is 7.27. The van der Waals surface area contributed by atoms with Crippen molar-refractivity contribution in [3.63, 3.8) is 0 Å². The van der Waals surface area contributed by atoms with Crippen LogP contribution in [0.25, 0.3) is 10.9 Å². The number of hydrazone groups is 1. The molecule has 0 saturated carbocycles. The third-order valence-corrected chi connectivity index (χ3v) is 5.05. The standard InChI is InChI=1S/C23H17ClN4O3/c24-18-11-9-16(10-12-18)14-27-15-17(19-5-1-3-7-21(19)27)13-25-26-23(29)20-6-2-4-8-22(20)28(30)31/h1-13,15H,14H2,(H,26,29)/b25-13-. The first-order valence-corrected chi connectivity index (χ1v) is 9.80. The number of nitro benzene ring substituents is 1. The summed E-state index contributed by atoms with van der Waals surface area (Å²) in [5.41, 5.74) is 4.99. The first kappa shape index (κ1) is 20.3. The Bertz CT molecular complexity index is 1300. The molecule has 8 heteroatoms. The fraction of sp³-hybridized carbons (Fsp3) is 0.0435. The van der Waals surface area contributed by atoms with Crippen LogP contribution in [0.2, 0.25) is 5.02 Å². The number of halogens is 1. The van der Waals surface area contributed by atoms with Gasteiger partial charge in [0, 0.05) is 40.3 Å². The zero-order chi connectivity index (χ0) is 21.8. The molecule has 0 atom stereocenters. The Labute approximate surface area is 182 Å². The Morgan fingerprint density at radius 1 is 1.06 bits per heavy atom. The van der Waals surface area contributed by atoms with Crippen LogP contribution in [0.3, 0.4) is 0 Å². The Morgan fingerprint density at radius 2 is 1.77 bits per heavy atom. The van der Waals surface area contributed by atoms with E-state index in [0.717, 1.165) is 22.0 Å². The first-order chi connectivity index (χ1) is 15.0. The van der Waals surface area contributed by atoms with E-state index in [-0.39, 0.29) is 11.3 Å². The summed E-state index contributed by atoms with van der Waals surface area (Å²) in [6.45, 7) is 0.647. The summed E-state index contributed by atoms with van der Waals surface area (Å²) in [6, 6.07) is 21.2. The molecule has 0 aliphatic heterocycles. The second-order valence-electron chi connectivity index (χ2n) is 6.83. The van der Waals surface area contributed by atoms with Gasteiger partial charge in [0.2, 0.25) is 0 Å². The zero-order valence-electron chi connectivity index (χ0n) is 16.2. The molecule has 4 aromatic rings. The van der Waals surface area contributed by atoms with Crippen molar-refractivity contribution in [3.05, 3.63) is 111 Å². The predicted octanol–water partition coefficient (Wildman–Crippen LogP) is 5.02. The molecule has 0 unspecified atom stereocenters. The van der Waals surface area contributed by atoms with Gasteiger partial charge >= 0.3 is 0 Å². The number of benzene rings is 3. The Hall–Kier alpha value is -3.97. The first-order valence-electron chi connectivity index (χ1n) is 9.42. The largest absolute Gasteiger partial charge is 0.342 e. The van der Waals surface area contributed by atoms with E-state index in [1.807, 2.05) is 54.7 Å². The highest BCUT2D eigenvalue weighted by atomic mass is 35.5. The monoisotopic (exact) mass is 432 g/mol. The van der Waals surface area contributed by atoms with Crippen molar-refractivity contribution < 1.29 is 9.72 Å². The van der Waals surface area contributed by atoms with Crippen LogP contribution in [0.5, 0.6) is 0 Å². The van der Waals surface area contributed by atoms with E-state index >= 15 is 0 Å². The highest BCUT2D eigenvalue weighted by Crippen LogP contribution is 2.22. The van der Waals surface area contributed by atoms with Gasteiger partial charge in [0.05, 0.1) is 11.1 Å². The minimum atomic E-state index is -0.645. The van der Waals surface area contributed by atoms with Crippen LogP contribution in [0.4, 0.5) is 5.69 Å². The number of nitro groups is 1. The molecule has 1 amide bonds. The number of aromatic nitrogens is 1. The van der Waals surface area contributed by atoms with Gasteiger partial charge in [-0.05, 0) is 29.8 Å². The van der Waals surface area contributed by atoms with Gasteiger partial charge in [-0.2, -0.15) is 5.10 Å². The zero-order valence-corrected chi connectivity index (χ0v) is 17.0. The molecule has 3 aromatic carbocycles. The fourth-order valence-corrected chi connectivity index (χ4v) is 3.47. The number of hydrogen-bond acceptors (Lipinski definition) is 4. The van der Waals surface area contributed by atoms with E-state index in [4.69, 9.17) is 11.6 Å². The van der Waals surface area contributed by atoms with Crippen LogP contribution in [-0.2, 0) is 6.54 Å². The number of hydrogen-bond donors (Lipinski definition) is 1. The topological polar surface area (TPSA) is 89.5 Å². The molecule has 154 valence electrons. The molecule has 4 rings (SSSR count). The van der Waals surface area contributed by atoms with Gasteiger partial charge in [0.15, 0.2) is 0 Å². The van der Waals surface area contributed by atoms with Crippen molar-refractivity contribution in [1.29, 1.82) is 0 Å². The summed E-state index contributed by atoms with van der Waals surface area (Å²) in [7, 11) is 0. The van der Waals surface area contributed by atoms with Gasteiger partial charge in [0.1, 0.15) is 5.56 Å². The number of nitrogens with zero attached hydrogens (tertiary/aromatic N) is 3. The Morgan fingerprint density at radius 3 is 2.55 bits per heavy atom. The average molecular weight is 433 g/mol. The van der Waals surface area contributed by atoms with Gasteiger partial charge in [-0.15, -0.1) is 0 Å². The maximum absolute atomic E-state index is 12.4. The smallest absolute Gasteiger partial charge is 0.282 e. The third kappa shape index (κ3) is 4.46. The van der Waals surface area contributed by atoms with Gasteiger partial charge < -0.3 is 4.57 Å². The van der Waals surface area contributed by atoms with Crippen LogP contribution in [0.15, 0.2) is 84.1 Å². The highest BCUT2D eigenvalue weighted by molar-refractivity contribution is 6.30. The molecule has 0 radical (unpaired) electrons. The molecule has 0 fully saturated rings. The molecule has 0 aliphatic rings. The maximum Gasteiger partial charge on any atom is 0.282 e. The summed E-state index contributed by atoms with van der Waals surface area (Å²) >= 11 is 5.97. The van der Waals surface area contributed by atoms with E-state index in [1.165, 1.54) is 24.4 Å². The lowest BCUT2D eigenvalue weighted by molar-refractivity contribution is -0.385. The Balaban J connectivity index is 1.57. The predicted molar refractivity (Wildman–Crippen MR) is 121 cm³/mol. The number of nitrogens with one attached hydrogen (secondary N) is 1. The molecule has 0 saturated heterocycles.